The third kappa shape index (κ3) is 28.0. The molecule has 2 aliphatic rings. The minimum absolute atomic E-state index is 0.196. The number of fused-ring (bicyclic) bond motifs is 4. The summed E-state index contributed by atoms with van der Waals surface area (Å²) in [6, 6.07) is 84.1. The Hall–Kier alpha value is -12.8. The Morgan fingerprint density at radius 1 is 0.295 bits per heavy atom. The molecule has 2 unspecified atom stereocenters. The summed E-state index contributed by atoms with van der Waals surface area (Å²) in [4.78, 5) is 48.9. The first kappa shape index (κ1) is 89.9. The average Bonchev–Trinajstić information content (AvgIpc) is 0.825. The molecule has 2 aliphatic heterocycles. The summed E-state index contributed by atoms with van der Waals surface area (Å²) in [6.45, 7) is 36.4. The van der Waals surface area contributed by atoms with Crippen molar-refractivity contribution in [1.82, 2.24) is 54.8 Å². The van der Waals surface area contributed by atoms with Crippen LogP contribution in [0.3, 0.4) is 0 Å². The normalized spacial score (nSPS) is 11.8. The summed E-state index contributed by atoms with van der Waals surface area (Å²) in [5.41, 5.74) is 15.7. The highest BCUT2D eigenvalue weighted by atomic mass is 15.2. The molecular formula is C93H117N19. The Labute approximate surface area is 666 Å². The topological polar surface area (TPSA) is 238 Å². The average molecular weight is 1500 g/mol. The highest BCUT2D eigenvalue weighted by Crippen LogP contribution is 2.36. The van der Waals surface area contributed by atoms with E-state index in [0.717, 1.165) is 100 Å². The van der Waals surface area contributed by atoms with Crippen molar-refractivity contribution in [1.29, 1.82) is 0 Å². The first-order chi connectivity index (χ1) is 55.6. The molecule has 6 aromatic heterocycles. The molecule has 0 fully saturated rings. The maximum Gasteiger partial charge on any atom is 0.184 e. The second kappa shape index (κ2) is 53.9. The molecule has 0 saturated heterocycles. The van der Waals surface area contributed by atoms with Gasteiger partial charge in [-0.25, -0.2) is 49.8 Å². The molecule has 0 spiro atoms. The maximum atomic E-state index is 4.77. The van der Waals surface area contributed by atoms with Crippen LogP contribution in [0.2, 0.25) is 0 Å². The molecule has 112 heavy (non-hydrogen) atoms. The van der Waals surface area contributed by atoms with E-state index < -0.39 is 0 Å². The molecule has 0 amide bonds. The van der Waals surface area contributed by atoms with Crippen LogP contribution in [0.15, 0.2) is 286 Å². The van der Waals surface area contributed by atoms with E-state index in [2.05, 4.69) is 189 Å². The first-order valence-corrected chi connectivity index (χ1v) is 39.7. The fourth-order valence-electron chi connectivity index (χ4n) is 10.9. The zero-order chi connectivity index (χ0) is 80.8. The minimum atomic E-state index is 0.196. The van der Waals surface area contributed by atoms with E-state index in [1.54, 1.807) is 31.2 Å². The van der Waals surface area contributed by atoms with Crippen molar-refractivity contribution in [3.8, 4) is 22.5 Å². The van der Waals surface area contributed by atoms with Crippen LogP contribution >= 0.6 is 0 Å². The van der Waals surface area contributed by atoms with Crippen molar-refractivity contribution in [2.24, 2.45) is 0 Å². The Morgan fingerprint density at radius 2 is 0.643 bits per heavy atom. The number of hydrogen-bond acceptors (Lipinski definition) is 19. The van der Waals surface area contributed by atoms with Gasteiger partial charge in [-0.15, -0.1) is 0 Å². The van der Waals surface area contributed by atoms with Crippen molar-refractivity contribution < 1.29 is 0 Å². The number of nitrogens with one attached hydrogen (secondary N) is 8. The van der Waals surface area contributed by atoms with Crippen LogP contribution in [-0.2, 0) is 26.2 Å². The molecule has 19 nitrogen and oxygen atoms in total. The number of pyridine rings is 1. The molecule has 8 heterocycles. The maximum absolute atomic E-state index is 4.77. The predicted octanol–water partition coefficient (Wildman–Crippen LogP) is 23.5. The van der Waals surface area contributed by atoms with E-state index in [0.29, 0.717) is 30.1 Å². The van der Waals surface area contributed by atoms with Gasteiger partial charge in [0.1, 0.15) is 41.4 Å². The number of hydrogen-bond donors (Lipinski definition) is 8. The number of benzene rings is 8. The summed E-state index contributed by atoms with van der Waals surface area (Å²) < 4.78 is 0. The summed E-state index contributed by atoms with van der Waals surface area (Å²) in [6.07, 6.45) is 10.0. The van der Waals surface area contributed by atoms with Crippen molar-refractivity contribution >= 4 is 68.5 Å². The van der Waals surface area contributed by atoms with Crippen LogP contribution in [0.5, 0.6) is 0 Å². The molecule has 8 aromatic carbocycles. The van der Waals surface area contributed by atoms with Gasteiger partial charge in [-0.05, 0) is 39.4 Å². The monoisotopic (exact) mass is 1500 g/mol. The molecule has 584 valence electrons. The largest absolute Gasteiger partial charge is 0.377 e. The molecular weight excluding hydrogens is 1380 g/mol. The van der Waals surface area contributed by atoms with Crippen molar-refractivity contribution in [2.45, 2.75) is 149 Å². The van der Waals surface area contributed by atoms with E-state index in [4.69, 9.17) is 4.98 Å². The zero-order valence-electron chi connectivity index (χ0n) is 68.5. The molecule has 0 saturated carbocycles. The fraction of sp³-hybridized carbons (Fsp3) is 0.258. The van der Waals surface area contributed by atoms with E-state index in [1.165, 1.54) is 39.7 Å². The van der Waals surface area contributed by atoms with Gasteiger partial charge >= 0.3 is 0 Å². The van der Waals surface area contributed by atoms with Crippen molar-refractivity contribution in [2.75, 3.05) is 55.6 Å². The molecule has 14 aromatic rings. The Balaban J connectivity index is 0.000000251. The molecule has 19 heteroatoms. The zero-order valence-corrected chi connectivity index (χ0v) is 68.5. The molecule has 8 N–H and O–H groups in total. The lowest BCUT2D eigenvalue weighted by atomic mass is 10.1. The second-order valence-corrected chi connectivity index (χ2v) is 22.4. The van der Waals surface area contributed by atoms with Crippen LogP contribution in [0.4, 0.5) is 46.3 Å². The summed E-state index contributed by atoms with van der Waals surface area (Å²) in [5, 5.41) is 27.4. The lowest BCUT2D eigenvalue weighted by molar-refractivity contribution is 0.791. The van der Waals surface area contributed by atoms with Gasteiger partial charge in [-0.3, -0.25) is 4.98 Å². The van der Waals surface area contributed by atoms with Gasteiger partial charge < -0.3 is 42.5 Å². The lowest BCUT2D eigenvalue weighted by Crippen LogP contribution is -2.27. The predicted molar refractivity (Wildman–Crippen MR) is 476 cm³/mol. The lowest BCUT2D eigenvalue weighted by Gasteiger charge is -2.29. The third-order valence-corrected chi connectivity index (χ3v) is 15.8. The van der Waals surface area contributed by atoms with Gasteiger partial charge in [0.15, 0.2) is 40.6 Å². The van der Waals surface area contributed by atoms with Gasteiger partial charge in [-0.1, -0.05) is 353 Å². The molecule has 2 atom stereocenters. The van der Waals surface area contributed by atoms with Gasteiger partial charge in [-0.2, -0.15) is 0 Å². The van der Waals surface area contributed by atoms with Gasteiger partial charge in [0, 0.05) is 56.6 Å². The summed E-state index contributed by atoms with van der Waals surface area (Å²) >= 11 is 0. The highest BCUT2D eigenvalue weighted by molar-refractivity contribution is 5.87. The number of rotatable bonds is 16. The number of anilines is 8. The minimum Gasteiger partial charge on any atom is -0.377 e. The van der Waals surface area contributed by atoms with Crippen molar-refractivity contribution in [3.05, 3.63) is 320 Å². The number of nitrogens with zero attached hydrogens (tertiary/aromatic N) is 11. The Kier molecular flexibility index (Phi) is 43.3. The van der Waals surface area contributed by atoms with Gasteiger partial charge in [0.05, 0.1) is 41.4 Å². The molecule has 16 rings (SSSR count). The Morgan fingerprint density at radius 3 is 1.10 bits per heavy atom. The number of aromatic nitrogens is 11. The van der Waals surface area contributed by atoms with E-state index in [9.17, 15) is 0 Å². The quantitative estimate of drug-likeness (QED) is 0.0449. The first-order valence-electron chi connectivity index (χ1n) is 39.7. The highest BCUT2D eigenvalue weighted by Gasteiger charge is 2.24. The summed E-state index contributed by atoms with van der Waals surface area (Å²) in [5.74, 6) is 4.76. The second-order valence-electron chi connectivity index (χ2n) is 22.4. The smallest absolute Gasteiger partial charge is 0.184 e. The standard InChI is InChI=1S/C20H16N4.C19H19N5.C19H15N5.C19H19N5.8C2H6/c1-3-7-15(8-4-1)13-23-20-19-17(11-12-21-20)22-14-18(24-19)16-9-5-2-6-10-16;2*1-3-7-14(8-4-1)11-21-18-17-19(23-13-22-18)24-16(12-20-17)15-9-5-2-6-10-15;1-3-7-14(8-4-1)11-20-18-17-19(23-13-22-18)21-12-16(24-17)15-9-5-2-6-10-15;8*1-2/h1-12,14H,13H2,(H,21,23);1-10,13,16,20H,11-12H2,(H2,21,22,23,24);1-10,12-13H,11H2,(H,21,22,23,24);1-10,13,16,24H,11-12H2,(H2,20,21,22,23);8*1-2H3. The molecule has 0 radical (unpaired) electrons. The van der Waals surface area contributed by atoms with Crippen LogP contribution in [0.1, 0.15) is 156 Å². The van der Waals surface area contributed by atoms with E-state index in [-0.39, 0.29) is 12.1 Å². The van der Waals surface area contributed by atoms with Crippen LogP contribution < -0.4 is 42.5 Å². The fourth-order valence-corrected chi connectivity index (χ4v) is 10.9. The summed E-state index contributed by atoms with van der Waals surface area (Å²) in [7, 11) is 0. The van der Waals surface area contributed by atoms with Crippen LogP contribution in [0.25, 0.3) is 44.7 Å². The van der Waals surface area contributed by atoms with Gasteiger partial charge in [0.25, 0.3) is 0 Å². The van der Waals surface area contributed by atoms with Gasteiger partial charge in [0.2, 0.25) is 0 Å². The molecule has 0 aliphatic carbocycles. The SMILES string of the molecule is CC.CC.CC.CC.CC.CC.CC.CC.c1ccc(CNc2nccc3ncc(-c4ccccc4)nc23)cc1.c1ccc(CNc2ncnc3c2NC(c2ccccc2)CN3)cc1.c1ccc(CNc2ncnc3c2NCC(c2ccccc2)N3)cc1.c1ccc(CNc2ncnc3nc(-c4ccccc4)cnc23)cc1. The van der Waals surface area contributed by atoms with Crippen LogP contribution in [0, 0.1) is 0 Å². The van der Waals surface area contributed by atoms with E-state index in [1.807, 2.05) is 262 Å². The Bertz CT molecular complexity index is 4720. The van der Waals surface area contributed by atoms with Crippen LogP contribution in [-0.4, -0.2) is 67.9 Å². The third-order valence-electron chi connectivity index (χ3n) is 15.8. The molecule has 0 bridgehead atoms. The van der Waals surface area contributed by atoms with Crippen molar-refractivity contribution in [3.63, 3.8) is 0 Å². The van der Waals surface area contributed by atoms with E-state index >= 15 is 0 Å².